The molecule has 126 valence electrons. The monoisotopic (exact) mass is 312 g/mol. The van der Waals surface area contributed by atoms with Crippen LogP contribution in [0.15, 0.2) is 36.0 Å². The van der Waals surface area contributed by atoms with E-state index in [1.165, 1.54) is 0 Å². The van der Waals surface area contributed by atoms with Gasteiger partial charge < -0.3 is 0 Å². The molecule has 2 heteroatoms. The molecular formula is C21H32N2. The SMILES string of the molecule is C=C(/C=C\C(=C/C)CC(C)(C#N)C#N)C(C(C)(C)C)C(C)(C)C. The molecule has 0 bridgehead atoms. The van der Waals surface area contributed by atoms with Crippen LogP contribution in [0.5, 0.6) is 0 Å². The number of hydrogen-bond acceptors (Lipinski definition) is 2. The van der Waals surface area contributed by atoms with Crippen LogP contribution in [0.1, 0.15) is 61.8 Å². The number of hydrogen-bond donors (Lipinski definition) is 0. The maximum absolute atomic E-state index is 9.17. The standard InChI is InChI=1S/C21H32N2/c1-10-17(13-21(9,14-22)15-23)12-11-16(2)18(19(3,4)5)20(6,7)8/h10-12,18H,2,13H2,1,3-9H3/b12-11-,17-10+. The van der Waals surface area contributed by atoms with Crippen LogP contribution in [-0.2, 0) is 0 Å². The molecule has 0 saturated heterocycles. The fourth-order valence-corrected chi connectivity index (χ4v) is 3.49. The van der Waals surface area contributed by atoms with Crippen molar-refractivity contribution >= 4 is 0 Å². The van der Waals surface area contributed by atoms with Crippen LogP contribution in [0.4, 0.5) is 0 Å². The molecule has 0 aliphatic heterocycles. The van der Waals surface area contributed by atoms with E-state index in [-0.39, 0.29) is 10.8 Å². The van der Waals surface area contributed by atoms with Gasteiger partial charge in [0.1, 0.15) is 5.41 Å². The Balaban J connectivity index is 5.39. The van der Waals surface area contributed by atoms with Crippen molar-refractivity contribution in [2.45, 2.75) is 61.8 Å². The molecular weight excluding hydrogens is 280 g/mol. The second-order valence-electron chi connectivity index (χ2n) is 8.67. The minimum Gasteiger partial charge on any atom is -0.197 e. The Bertz CT molecular complexity index is 535. The molecule has 0 spiro atoms. The highest BCUT2D eigenvalue weighted by atomic mass is 14.4. The largest absolute Gasteiger partial charge is 0.197 e. The zero-order valence-electron chi connectivity index (χ0n) is 16.1. The van der Waals surface area contributed by atoms with Crippen molar-refractivity contribution in [3.8, 4) is 12.1 Å². The van der Waals surface area contributed by atoms with Crippen LogP contribution >= 0.6 is 0 Å². The highest BCUT2D eigenvalue weighted by molar-refractivity contribution is 5.32. The summed E-state index contributed by atoms with van der Waals surface area (Å²) in [5.41, 5.74) is 1.31. The third-order valence-electron chi connectivity index (χ3n) is 4.04. The van der Waals surface area contributed by atoms with E-state index >= 15 is 0 Å². The third-order valence-corrected chi connectivity index (χ3v) is 4.04. The lowest BCUT2D eigenvalue weighted by Crippen LogP contribution is -2.33. The van der Waals surface area contributed by atoms with E-state index in [1.807, 2.05) is 25.2 Å². The van der Waals surface area contributed by atoms with Gasteiger partial charge in [-0.1, -0.05) is 71.9 Å². The Morgan fingerprint density at radius 2 is 1.39 bits per heavy atom. The molecule has 0 unspecified atom stereocenters. The summed E-state index contributed by atoms with van der Waals surface area (Å²) < 4.78 is 0. The van der Waals surface area contributed by atoms with Crippen LogP contribution in [0, 0.1) is 44.8 Å². The minimum atomic E-state index is -0.985. The number of nitriles is 2. The highest BCUT2D eigenvalue weighted by Gasteiger charge is 2.35. The molecule has 0 heterocycles. The Kier molecular flexibility index (Phi) is 7.05. The van der Waals surface area contributed by atoms with Gasteiger partial charge in [0.2, 0.25) is 0 Å². The summed E-state index contributed by atoms with van der Waals surface area (Å²) in [7, 11) is 0. The molecule has 0 amide bonds. The lowest BCUT2D eigenvalue weighted by molar-refractivity contribution is 0.141. The summed E-state index contributed by atoms with van der Waals surface area (Å²) in [5.74, 6) is 0.336. The Morgan fingerprint density at radius 1 is 0.957 bits per heavy atom. The van der Waals surface area contributed by atoms with Crippen molar-refractivity contribution in [2.24, 2.45) is 22.2 Å². The number of nitrogens with zero attached hydrogens (tertiary/aromatic N) is 2. The molecule has 0 aliphatic carbocycles. The first kappa shape index (κ1) is 21.2. The second-order valence-corrected chi connectivity index (χ2v) is 8.67. The summed E-state index contributed by atoms with van der Waals surface area (Å²) in [6.07, 6.45) is 6.43. The first-order valence-corrected chi connectivity index (χ1v) is 8.15. The van der Waals surface area contributed by atoms with E-state index in [0.29, 0.717) is 12.3 Å². The predicted molar refractivity (Wildman–Crippen MR) is 98.4 cm³/mol. The molecule has 0 atom stereocenters. The third kappa shape index (κ3) is 6.45. The van der Waals surface area contributed by atoms with E-state index < -0.39 is 5.41 Å². The predicted octanol–water partition coefficient (Wildman–Crippen LogP) is 6.20. The number of allylic oxidation sites excluding steroid dienone is 5. The quantitative estimate of drug-likeness (QED) is 0.568. The first-order chi connectivity index (χ1) is 10.3. The summed E-state index contributed by atoms with van der Waals surface area (Å²) in [6.45, 7) is 21.3. The van der Waals surface area contributed by atoms with Crippen molar-refractivity contribution in [3.05, 3.63) is 36.0 Å². The van der Waals surface area contributed by atoms with Gasteiger partial charge in [-0.25, -0.2) is 0 Å². The lowest BCUT2D eigenvalue weighted by Gasteiger charge is -2.41. The molecule has 2 nitrogen and oxygen atoms in total. The zero-order valence-corrected chi connectivity index (χ0v) is 16.1. The highest BCUT2D eigenvalue weighted by Crippen LogP contribution is 2.44. The lowest BCUT2D eigenvalue weighted by atomic mass is 9.63. The zero-order chi connectivity index (χ0) is 18.5. The van der Waals surface area contributed by atoms with Gasteiger partial charge in [0.25, 0.3) is 0 Å². The van der Waals surface area contributed by atoms with E-state index in [4.69, 9.17) is 10.5 Å². The maximum Gasteiger partial charge on any atom is 0.145 e. The summed E-state index contributed by atoms with van der Waals surface area (Å²) >= 11 is 0. The van der Waals surface area contributed by atoms with Gasteiger partial charge in [-0.2, -0.15) is 10.5 Å². The van der Waals surface area contributed by atoms with E-state index in [0.717, 1.165) is 11.1 Å². The van der Waals surface area contributed by atoms with Gasteiger partial charge in [-0.3, -0.25) is 0 Å². The topological polar surface area (TPSA) is 47.6 Å². The Hall–Kier alpha value is -1.80. The Labute approximate surface area is 143 Å². The molecule has 0 aliphatic rings. The maximum atomic E-state index is 9.17. The average Bonchev–Trinajstić information content (AvgIpc) is 2.39. The van der Waals surface area contributed by atoms with Crippen LogP contribution < -0.4 is 0 Å². The van der Waals surface area contributed by atoms with Gasteiger partial charge in [0, 0.05) is 6.42 Å². The molecule has 23 heavy (non-hydrogen) atoms. The fraction of sp³-hybridized carbons (Fsp3) is 0.619. The molecule has 0 aromatic rings. The van der Waals surface area contributed by atoms with E-state index in [2.05, 4.69) is 60.3 Å². The van der Waals surface area contributed by atoms with Crippen LogP contribution in [0.2, 0.25) is 0 Å². The van der Waals surface area contributed by atoms with E-state index in [1.54, 1.807) is 6.92 Å². The summed E-state index contributed by atoms with van der Waals surface area (Å²) in [4.78, 5) is 0. The molecule has 0 radical (unpaired) electrons. The van der Waals surface area contributed by atoms with Crippen molar-refractivity contribution in [1.82, 2.24) is 0 Å². The van der Waals surface area contributed by atoms with Crippen LogP contribution in [0.25, 0.3) is 0 Å². The minimum absolute atomic E-state index is 0.115. The smallest absolute Gasteiger partial charge is 0.145 e. The van der Waals surface area contributed by atoms with Crippen molar-refractivity contribution < 1.29 is 0 Å². The van der Waals surface area contributed by atoms with Gasteiger partial charge in [-0.05, 0) is 36.2 Å². The van der Waals surface area contributed by atoms with E-state index in [9.17, 15) is 0 Å². The molecule has 0 N–H and O–H groups in total. The Morgan fingerprint density at radius 3 is 1.70 bits per heavy atom. The molecule has 0 aromatic heterocycles. The number of rotatable bonds is 5. The fourth-order valence-electron chi connectivity index (χ4n) is 3.49. The molecule has 0 aromatic carbocycles. The molecule has 0 saturated carbocycles. The second kappa shape index (κ2) is 7.65. The summed E-state index contributed by atoms with van der Waals surface area (Å²) in [6, 6.07) is 4.19. The van der Waals surface area contributed by atoms with Gasteiger partial charge in [0.15, 0.2) is 0 Å². The molecule has 0 fully saturated rings. The van der Waals surface area contributed by atoms with Gasteiger partial charge >= 0.3 is 0 Å². The van der Waals surface area contributed by atoms with Crippen LogP contribution in [-0.4, -0.2) is 0 Å². The van der Waals surface area contributed by atoms with Crippen molar-refractivity contribution in [2.75, 3.05) is 0 Å². The van der Waals surface area contributed by atoms with Crippen molar-refractivity contribution in [1.29, 1.82) is 10.5 Å². The first-order valence-electron chi connectivity index (χ1n) is 8.15. The van der Waals surface area contributed by atoms with Gasteiger partial charge in [-0.15, -0.1) is 0 Å². The van der Waals surface area contributed by atoms with Gasteiger partial charge in [0.05, 0.1) is 12.1 Å². The molecule has 0 rings (SSSR count). The van der Waals surface area contributed by atoms with Crippen molar-refractivity contribution in [3.63, 3.8) is 0 Å². The van der Waals surface area contributed by atoms with Crippen LogP contribution in [0.3, 0.4) is 0 Å². The summed E-state index contributed by atoms with van der Waals surface area (Å²) in [5, 5.41) is 18.3. The average molecular weight is 313 g/mol. The normalized spacial score (nSPS) is 14.0.